The number of nitrogens with two attached hydrogens (primary N) is 1. The second kappa shape index (κ2) is 7.29. The lowest BCUT2D eigenvalue weighted by atomic mass is 9.98. The fraction of sp³-hybridized carbons (Fsp3) is 0.562. The molecule has 0 bridgehead atoms. The molecule has 1 unspecified atom stereocenters. The number of carbonyl (C=O) groups is 1. The molecule has 1 aliphatic rings. The van der Waals surface area contributed by atoms with Gasteiger partial charge in [0.25, 0.3) is 0 Å². The van der Waals surface area contributed by atoms with Gasteiger partial charge < -0.3 is 11.1 Å². The van der Waals surface area contributed by atoms with Crippen LogP contribution >= 0.6 is 0 Å². The molecule has 3 N–H and O–H groups in total. The van der Waals surface area contributed by atoms with E-state index >= 15 is 0 Å². The Hall–Kier alpha value is -1.35. The topological polar surface area (TPSA) is 55.1 Å². The van der Waals surface area contributed by atoms with Crippen molar-refractivity contribution in [2.75, 3.05) is 6.54 Å². The maximum Gasteiger partial charge on any atom is 0.220 e. The van der Waals surface area contributed by atoms with E-state index in [0.717, 1.165) is 6.42 Å². The van der Waals surface area contributed by atoms with Gasteiger partial charge in [0.2, 0.25) is 5.91 Å². The largest absolute Gasteiger partial charge is 0.352 e. The summed E-state index contributed by atoms with van der Waals surface area (Å²) in [7, 11) is 0. The first-order valence-corrected chi connectivity index (χ1v) is 7.33. The first kappa shape index (κ1) is 14.1. The molecule has 0 radical (unpaired) electrons. The van der Waals surface area contributed by atoms with Crippen LogP contribution in [0.4, 0.5) is 0 Å². The van der Waals surface area contributed by atoms with Crippen molar-refractivity contribution in [2.24, 2.45) is 11.7 Å². The fourth-order valence-corrected chi connectivity index (χ4v) is 2.91. The SMILES string of the molecule is NCC(NC(=O)CCc1ccccc1)C1CCCC1. The summed E-state index contributed by atoms with van der Waals surface area (Å²) >= 11 is 0. The van der Waals surface area contributed by atoms with Crippen LogP contribution in [0.3, 0.4) is 0 Å². The summed E-state index contributed by atoms with van der Waals surface area (Å²) in [6, 6.07) is 10.3. The summed E-state index contributed by atoms with van der Waals surface area (Å²) in [4.78, 5) is 12.0. The van der Waals surface area contributed by atoms with Crippen LogP contribution < -0.4 is 11.1 Å². The maximum absolute atomic E-state index is 12.0. The van der Waals surface area contributed by atoms with Crippen molar-refractivity contribution in [1.82, 2.24) is 5.32 Å². The van der Waals surface area contributed by atoms with E-state index in [1.54, 1.807) is 0 Å². The molecule has 0 aromatic heterocycles. The van der Waals surface area contributed by atoms with Crippen LogP contribution in [0.15, 0.2) is 30.3 Å². The van der Waals surface area contributed by atoms with Gasteiger partial charge in [-0.2, -0.15) is 0 Å². The lowest BCUT2D eigenvalue weighted by Gasteiger charge is -2.23. The van der Waals surface area contributed by atoms with Gasteiger partial charge >= 0.3 is 0 Å². The van der Waals surface area contributed by atoms with E-state index in [0.29, 0.717) is 18.9 Å². The molecule has 1 aromatic carbocycles. The molecular formula is C16H24N2O. The number of hydrogen-bond acceptors (Lipinski definition) is 2. The molecule has 0 heterocycles. The zero-order valence-electron chi connectivity index (χ0n) is 11.5. The van der Waals surface area contributed by atoms with Crippen LogP contribution in [-0.2, 0) is 11.2 Å². The second-order valence-electron chi connectivity index (χ2n) is 5.44. The van der Waals surface area contributed by atoms with Crippen molar-refractivity contribution >= 4 is 5.91 Å². The zero-order valence-corrected chi connectivity index (χ0v) is 11.5. The maximum atomic E-state index is 12.0. The predicted molar refractivity (Wildman–Crippen MR) is 77.7 cm³/mol. The zero-order chi connectivity index (χ0) is 13.5. The number of hydrogen-bond donors (Lipinski definition) is 2. The third kappa shape index (κ3) is 4.35. The van der Waals surface area contributed by atoms with Crippen LogP contribution in [0, 0.1) is 5.92 Å². The fourth-order valence-electron chi connectivity index (χ4n) is 2.91. The number of nitrogens with one attached hydrogen (secondary N) is 1. The van der Waals surface area contributed by atoms with E-state index in [1.807, 2.05) is 18.2 Å². The van der Waals surface area contributed by atoms with Gasteiger partial charge in [0.1, 0.15) is 0 Å². The van der Waals surface area contributed by atoms with Crippen LogP contribution in [0.5, 0.6) is 0 Å². The molecule has 104 valence electrons. The summed E-state index contributed by atoms with van der Waals surface area (Å²) < 4.78 is 0. The van der Waals surface area contributed by atoms with Crippen molar-refractivity contribution < 1.29 is 4.79 Å². The van der Waals surface area contributed by atoms with E-state index in [2.05, 4.69) is 17.4 Å². The van der Waals surface area contributed by atoms with Crippen molar-refractivity contribution in [3.63, 3.8) is 0 Å². The standard InChI is InChI=1S/C16H24N2O/c17-12-15(14-8-4-5-9-14)18-16(19)11-10-13-6-2-1-3-7-13/h1-3,6-7,14-15H,4-5,8-12,17H2,(H,18,19). The van der Waals surface area contributed by atoms with Crippen LogP contribution in [0.2, 0.25) is 0 Å². The van der Waals surface area contributed by atoms with E-state index < -0.39 is 0 Å². The number of aryl methyl sites for hydroxylation is 1. The second-order valence-corrected chi connectivity index (χ2v) is 5.44. The predicted octanol–water partition coefficient (Wildman–Crippen LogP) is 2.25. The Morgan fingerprint density at radius 2 is 1.95 bits per heavy atom. The molecule has 1 saturated carbocycles. The van der Waals surface area contributed by atoms with Crippen molar-refractivity contribution in [3.05, 3.63) is 35.9 Å². The molecule has 0 saturated heterocycles. The molecular weight excluding hydrogens is 236 g/mol. The van der Waals surface area contributed by atoms with E-state index in [1.165, 1.54) is 31.2 Å². The average molecular weight is 260 g/mol. The lowest BCUT2D eigenvalue weighted by molar-refractivity contribution is -0.122. The molecule has 19 heavy (non-hydrogen) atoms. The van der Waals surface area contributed by atoms with Gasteiger partial charge in [0, 0.05) is 19.0 Å². The van der Waals surface area contributed by atoms with E-state index in [9.17, 15) is 4.79 Å². The lowest BCUT2D eigenvalue weighted by Crippen LogP contribution is -2.44. The molecule has 1 aromatic rings. The van der Waals surface area contributed by atoms with Gasteiger partial charge in [0.15, 0.2) is 0 Å². The quantitative estimate of drug-likeness (QED) is 0.824. The summed E-state index contributed by atoms with van der Waals surface area (Å²) in [6.45, 7) is 0.557. The highest BCUT2D eigenvalue weighted by molar-refractivity contribution is 5.76. The highest BCUT2D eigenvalue weighted by Crippen LogP contribution is 2.27. The van der Waals surface area contributed by atoms with Gasteiger partial charge in [-0.05, 0) is 30.7 Å². The summed E-state index contributed by atoms with van der Waals surface area (Å²) in [5.74, 6) is 0.719. The third-order valence-corrected chi connectivity index (χ3v) is 4.05. The summed E-state index contributed by atoms with van der Waals surface area (Å²) in [5, 5.41) is 3.11. The van der Waals surface area contributed by atoms with E-state index in [-0.39, 0.29) is 11.9 Å². The van der Waals surface area contributed by atoms with Crippen molar-refractivity contribution in [1.29, 1.82) is 0 Å². The minimum Gasteiger partial charge on any atom is -0.352 e. The molecule has 1 aliphatic carbocycles. The Morgan fingerprint density at radius 1 is 1.26 bits per heavy atom. The normalized spacial score (nSPS) is 17.3. The molecule has 0 spiro atoms. The first-order valence-electron chi connectivity index (χ1n) is 7.33. The molecule has 1 amide bonds. The van der Waals surface area contributed by atoms with Gasteiger partial charge in [-0.3, -0.25) is 4.79 Å². The third-order valence-electron chi connectivity index (χ3n) is 4.05. The smallest absolute Gasteiger partial charge is 0.220 e. The Labute approximate surface area is 115 Å². The number of rotatable bonds is 6. The van der Waals surface area contributed by atoms with Gasteiger partial charge in [-0.25, -0.2) is 0 Å². The average Bonchev–Trinajstić information content (AvgIpc) is 2.97. The Balaban J connectivity index is 1.76. The number of benzene rings is 1. The Bertz CT molecular complexity index is 385. The Morgan fingerprint density at radius 3 is 2.58 bits per heavy atom. The first-order chi connectivity index (χ1) is 9.29. The summed E-state index contributed by atoms with van der Waals surface area (Å²) in [6.07, 6.45) is 6.33. The molecule has 3 heteroatoms. The minimum absolute atomic E-state index is 0.131. The highest BCUT2D eigenvalue weighted by Gasteiger charge is 2.24. The number of carbonyl (C=O) groups excluding carboxylic acids is 1. The number of amides is 1. The van der Waals surface area contributed by atoms with E-state index in [4.69, 9.17) is 5.73 Å². The van der Waals surface area contributed by atoms with Crippen LogP contribution in [0.25, 0.3) is 0 Å². The summed E-state index contributed by atoms with van der Waals surface area (Å²) in [5.41, 5.74) is 7.00. The molecule has 1 fully saturated rings. The van der Waals surface area contributed by atoms with Crippen LogP contribution in [-0.4, -0.2) is 18.5 Å². The van der Waals surface area contributed by atoms with Crippen LogP contribution in [0.1, 0.15) is 37.7 Å². The molecule has 1 atom stereocenters. The Kier molecular flexibility index (Phi) is 5.40. The molecule has 0 aliphatic heterocycles. The minimum atomic E-state index is 0.131. The van der Waals surface area contributed by atoms with Gasteiger partial charge in [-0.1, -0.05) is 43.2 Å². The monoisotopic (exact) mass is 260 g/mol. The van der Waals surface area contributed by atoms with Gasteiger partial charge in [0.05, 0.1) is 0 Å². The highest BCUT2D eigenvalue weighted by atomic mass is 16.1. The molecule has 3 nitrogen and oxygen atoms in total. The van der Waals surface area contributed by atoms with Crippen molar-refractivity contribution in [2.45, 2.75) is 44.6 Å². The van der Waals surface area contributed by atoms with Crippen molar-refractivity contribution in [3.8, 4) is 0 Å². The van der Waals surface area contributed by atoms with Gasteiger partial charge in [-0.15, -0.1) is 0 Å². The molecule has 2 rings (SSSR count).